The van der Waals surface area contributed by atoms with Gasteiger partial charge in [0.1, 0.15) is 21.5 Å². The van der Waals surface area contributed by atoms with Gasteiger partial charge in [-0.3, -0.25) is 0 Å². The van der Waals surface area contributed by atoms with Gasteiger partial charge in [0.15, 0.2) is 14.7 Å². The summed E-state index contributed by atoms with van der Waals surface area (Å²) in [6.45, 7) is 8.03. The summed E-state index contributed by atoms with van der Waals surface area (Å²) in [6, 6.07) is 35.7. The zero-order valence-corrected chi connectivity index (χ0v) is 22.0. The smallest absolute Gasteiger partial charge is 0.166 e. The van der Waals surface area contributed by atoms with Crippen molar-refractivity contribution in [1.82, 2.24) is 0 Å². The normalized spacial score (nSPS) is 11.5. The van der Waals surface area contributed by atoms with Gasteiger partial charge in [0.05, 0.1) is 15.8 Å². The van der Waals surface area contributed by atoms with Gasteiger partial charge in [-0.05, 0) is 88.4 Å². The lowest BCUT2D eigenvalue weighted by atomic mass is 10.2. The van der Waals surface area contributed by atoms with Gasteiger partial charge in [-0.2, -0.15) is 0 Å². The van der Waals surface area contributed by atoms with Crippen LogP contribution in [0.25, 0.3) is 0 Å². The third-order valence-electron chi connectivity index (χ3n) is 4.75. The summed E-state index contributed by atoms with van der Waals surface area (Å²) in [5.74, 6) is 0.913. The Morgan fingerprint density at radius 1 is 0.657 bits per heavy atom. The maximum absolute atomic E-state index is 10.4. The first-order chi connectivity index (χ1) is 16.5. The van der Waals surface area contributed by atoms with E-state index in [9.17, 15) is 13.0 Å². The molecule has 4 rings (SSSR count). The highest BCUT2D eigenvalue weighted by atomic mass is 32.2. The second-order valence-electron chi connectivity index (χ2n) is 8.89. The summed E-state index contributed by atoms with van der Waals surface area (Å²) in [7, 11) is -4.37. The average Bonchev–Trinajstić information content (AvgIpc) is 2.81. The van der Waals surface area contributed by atoms with Gasteiger partial charge in [0.25, 0.3) is 0 Å². The molecule has 0 aliphatic carbocycles. The molecular formula is C29H30O4S2. The molecule has 4 aromatic rings. The number of aryl methyl sites for hydroxylation is 1. The van der Waals surface area contributed by atoms with E-state index >= 15 is 0 Å². The van der Waals surface area contributed by atoms with Crippen LogP contribution in [0.1, 0.15) is 26.3 Å². The van der Waals surface area contributed by atoms with Crippen LogP contribution in [-0.4, -0.2) is 18.6 Å². The molecule has 0 saturated heterocycles. The minimum Gasteiger partial charge on any atom is -0.744 e. The van der Waals surface area contributed by atoms with Crippen LogP contribution < -0.4 is 4.74 Å². The van der Waals surface area contributed by atoms with Crippen molar-refractivity contribution < 1.29 is 17.7 Å². The van der Waals surface area contributed by atoms with Crippen molar-refractivity contribution in [3.63, 3.8) is 0 Å². The van der Waals surface area contributed by atoms with Crippen LogP contribution in [0.5, 0.6) is 5.75 Å². The predicted octanol–water partition coefficient (Wildman–Crippen LogP) is 6.86. The van der Waals surface area contributed by atoms with Crippen LogP contribution in [0.2, 0.25) is 0 Å². The molecule has 0 fully saturated rings. The molecule has 0 aliphatic rings. The second-order valence-corrected chi connectivity index (χ2v) is 12.3. The molecule has 0 heterocycles. The fraction of sp³-hybridized carbons (Fsp3) is 0.172. The van der Waals surface area contributed by atoms with Gasteiger partial charge in [0, 0.05) is 0 Å². The predicted molar refractivity (Wildman–Crippen MR) is 141 cm³/mol. The van der Waals surface area contributed by atoms with Crippen LogP contribution in [0.3, 0.4) is 0 Å². The Morgan fingerprint density at radius 3 is 1.49 bits per heavy atom. The first-order valence-corrected chi connectivity index (χ1v) is 13.8. The van der Waals surface area contributed by atoms with Gasteiger partial charge in [-0.25, -0.2) is 8.42 Å². The quantitative estimate of drug-likeness (QED) is 0.219. The van der Waals surface area contributed by atoms with Crippen molar-refractivity contribution in [2.24, 2.45) is 0 Å². The monoisotopic (exact) mass is 506 g/mol. The lowest BCUT2D eigenvalue weighted by Gasteiger charge is -2.21. The van der Waals surface area contributed by atoms with Crippen LogP contribution in [0, 0.1) is 6.92 Å². The topological polar surface area (TPSA) is 66.4 Å². The zero-order valence-electron chi connectivity index (χ0n) is 20.3. The highest BCUT2D eigenvalue weighted by Crippen LogP contribution is 2.32. The number of hydrogen-bond donors (Lipinski definition) is 0. The molecule has 0 spiro atoms. The number of benzene rings is 4. The molecule has 0 atom stereocenters. The molecule has 182 valence electrons. The van der Waals surface area contributed by atoms with E-state index in [1.807, 2.05) is 6.92 Å². The van der Waals surface area contributed by atoms with E-state index in [2.05, 4.69) is 106 Å². The van der Waals surface area contributed by atoms with Crippen LogP contribution >= 0.6 is 0 Å². The summed E-state index contributed by atoms with van der Waals surface area (Å²) in [4.78, 5) is 3.78. The molecule has 0 bridgehead atoms. The molecule has 35 heavy (non-hydrogen) atoms. The molecule has 4 aromatic carbocycles. The van der Waals surface area contributed by atoms with E-state index in [0.29, 0.717) is 0 Å². The van der Waals surface area contributed by atoms with Gasteiger partial charge in [-0.15, -0.1) is 0 Å². The van der Waals surface area contributed by atoms with Gasteiger partial charge in [-0.1, -0.05) is 54.1 Å². The fourth-order valence-corrected chi connectivity index (χ4v) is 5.78. The van der Waals surface area contributed by atoms with E-state index in [4.69, 9.17) is 4.74 Å². The third-order valence-corrected chi connectivity index (χ3v) is 7.83. The fourth-order valence-electron chi connectivity index (χ4n) is 3.22. The van der Waals surface area contributed by atoms with Crippen molar-refractivity contribution in [3.05, 3.63) is 115 Å². The second kappa shape index (κ2) is 11.6. The minimum absolute atomic E-state index is 0.102. The van der Waals surface area contributed by atoms with E-state index in [1.165, 1.54) is 26.8 Å². The molecule has 0 unspecified atom stereocenters. The molecule has 4 nitrogen and oxygen atoms in total. The Kier molecular flexibility index (Phi) is 8.78. The molecule has 0 N–H and O–H groups in total. The van der Waals surface area contributed by atoms with Gasteiger partial charge >= 0.3 is 0 Å². The Balaban J connectivity index is 0.000000261. The maximum Gasteiger partial charge on any atom is 0.166 e. The van der Waals surface area contributed by atoms with E-state index in [0.717, 1.165) is 11.3 Å². The Morgan fingerprint density at radius 2 is 1.09 bits per heavy atom. The molecule has 0 saturated carbocycles. The van der Waals surface area contributed by atoms with Crippen molar-refractivity contribution in [2.75, 3.05) is 0 Å². The van der Waals surface area contributed by atoms with E-state index in [-0.39, 0.29) is 21.4 Å². The van der Waals surface area contributed by atoms with Gasteiger partial charge < -0.3 is 9.29 Å². The summed E-state index contributed by atoms with van der Waals surface area (Å²) in [5.41, 5.74) is 0.750. The van der Waals surface area contributed by atoms with E-state index in [1.54, 1.807) is 12.1 Å². The molecule has 0 radical (unpaired) electrons. The van der Waals surface area contributed by atoms with E-state index < -0.39 is 10.1 Å². The number of hydrogen-bond acceptors (Lipinski definition) is 4. The summed E-state index contributed by atoms with van der Waals surface area (Å²) >= 11 is 0. The van der Waals surface area contributed by atoms with Crippen LogP contribution in [0.4, 0.5) is 0 Å². The molecule has 0 aliphatic heterocycles. The highest BCUT2D eigenvalue weighted by Gasteiger charge is 2.28. The zero-order chi connectivity index (χ0) is 25.5. The maximum atomic E-state index is 10.4. The summed E-state index contributed by atoms with van der Waals surface area (Å²) < 4.78 is 37.1. The standard InChI is InChI=1S/C22H23OS.C7H8O3S/c1-22(2,3)23-18-14-16-21(17-15-18)24(19-10-6-4-7-11-19)20-12-8-5-9-13-20;1-6-2-4-7(5-3-6)11(8,9)10/h4-17H,1-3H3;2-5H,1H3,(H,8,9,10)/q+1;/p-1. The molecule has 6 heteroatoms. The van der Waals surface area contributed by atoms with Crippen molar-refractivity contribution in [2.45, 2.75) is 52.9 Å². The first kappa shape index (κ1) is 26.5. The Bertz CT molecular complexity index is 1260. The summed E-state index contributed by atoms with van der Waals surface area (Å²) in [6.07, 6.45) is 0. The first-order valence-electron chi connectivity index (χ1n) is 11.2. The Hall–Kier alpha value is -3.06. The Labute approximate surface area is 211 Å². The largest absolute Gasteiger partial charge is 0.744 e. The van der Waals surface area contributed by atoms with Crippen LogP contribution in [-0.2, 0) is 21.0 Å². The third kappa shape index (κ3) is 8.28. The van der Waals surface area contributed by atoms with Crippen LogP contribution in [0.15, 0.2) is 129 Å². The number of rotatable bonds is 5. The molecule has 0 amide bonds. The average molecular weight is 507 g/mol. The van der Waals surface area contributed by atoms with Crippen molar-refractivity contribution in [3.8, 4) is 5.75 Å². The highest BCUT2D eigenvalue weighted by molar-refractivity contribution is 7.97. The van der Waals surface area contributed by atoms with Gasteiger partial charge in [0.2, 0.25) is 0 Å². The van der Waals surface area contributed by atoms with Crippen molar-refractivity contribution >= 4 is 21.0 Å². The lowest BCUT2D eigenvalue weighted by Crippen LogP contribution is -2.22. The molecular weight excluding hydrogens is 476 g/mol. The molecule has 0 aromatic heterocycles. The van der Waals surface area contributed by atoms with Crippen molar-refractivity contribution in [1.29, 1.82) is 0 Å². The lowest BCUT2D eigenvalue weighted by molar-refractivity contribution is 0.131. The minimum atomic E-state index is -4.27. The SMILES string of the molecule is CC(C)(C)Oc1ccc([S+](c2ccccc2)c2ccccc2)cc1.Cc1ccc(S(=O)(=O)[O-])cc1. The summed E-state index contributed by atoms with van der Waals surface area (Å²) in [5, 5.41) is 0. The number of ether oxygens (including phenoxy) is 1.